The van der Waals surface area contributed by atoms with Crippen molar-refractivity contribution in [3.8, 4) is 0 Å². The number of aliphatic imine (C=N–C) groups is 1. The molecule has 0 aliphatic carbocycles. The van der Waals surface area contributed by atoms with E-state index in [1.165, 1.54) is 5.56 Å². The van der Waals surface area contributed by atoms with Gasteiger partial charge in [0, 0.05) is 16.5 Å². The summed E-state index contributed by atoms with van der Waals surface area (Å²) in [5.74, 6) is 0.0689. The van der Waals surface area contributed by atoms with Crippen molar-refractivity contribution in [2.24, 2.45) is 4.99 Å². The van der Waals surface area contributed by atoms with E-state index in [2.05, 4.69) is 33.1 Å². The molecule has 0 amide bonds. The second-order valence-corrected chi connectivity index (χ2v) is 6.28. The van der Waals surface area contributed by atoms with Gasteiger partial charge in [-0.15, -0.1) is 0 Å². The molecule has 0 spiro atoms. The number of rotatable bonds is 5. The van der Waals surface area contributed by atoms with E-state index in [1.807, 2.05) is 78.9 Å². The fraction of sp³-hybridized carbons (Fsp3) is 0.130. The normalized spacial score (nSPS) is 9.62. The number of benzene rings is 3. The Kier molecular flexibility index (Phi) is 8.50. The van der Waals surface area contributed by atoms with Gasteiger partial charge in [-0.05, 0) is 12.5 Å². The summed E-state index contributed by atoms with van der Waals surface area (Å²) < 4.78 is 0. The van der Waals surface area contributed by atoms with Crippen molar-refractivity contribution >= 4 is 27.4 Å². The van der Waals surface area contributed by atoms with Crippen LogP contribution in [0.2, 0.25) is 0 Å². The quantitative estimate of drug-likeness (QED) is 0.394. The van der Waals surface area contributed by atoms with E-state index in [1.54, 1.807) is 6.92 Å². The number of halogens is 1. The zero-order chi connectivity index (χ0) is 18.6. The van der Waals surface area contributed by atoms with Crippen molar-refractivity contribution in [3.63, 3.8) is 0 Å². The standard InChI is InChI=1S/C16H15NO.C7H7Br/c1-13(18)12-17-16(14-8-4-2-5-9-14)15-10-6-3-7-11-15;8-6-7-4-2-1-3-5-7/h2-11H,12H2,1H3;1-5H,6H2. The number of carbonyl (C=O) groups is 1. The number of alkyl halides is 1. The van der Waals surface area contributed by atoms with Crippen LogP contribution in [0, 0.1) is 0 Å². The lowest BCUT2D eigenvalue weighted by molar-refractivity contribution is -0.115. The Hall–Kier alpha value is -2.52. The number of hydrogen-bond donors (Lipinski definition) is 0. The molecule has 0 saturated heterocycles. The SMILES string of the molecule is BrCc1ccccc1.CC(=O)CN=C(c1ccccc1)c1ccccc1. The van der Waals surface area contributed by atoms with Crippen LogP contribution in [-0.2, 0) is 10.1 Å². The molecule has 0 aromatic heterocycles. The molecule has 0 radical (unpaired) electrons. The van der Waals surface area contributed by atoms with E-state index in [0.717, 1.165) is 22.2 Å². The van der Waals surface area contributed by atoms with Crippen molar-refractivity contribution in [2.45, 2.75) is 12.3 Å². The fourth-order valence-corrected chi connectivity index (χ4v) is 2.67. The number of Topliss-reactive ketones (excluding diaryl/α,β-unsaturated/α-hetero) is 1. The van der Waals surface area contributed by atoms with E-state index >= 15 is 0 Å². The minimum atomic E-state index is 0.0689. The lowest BCUT2D eigenvalue weighted by Crippen LogP contribution is -2.06. The van der Waals surface area contributed by atoms with Gasteiger partial charge in [-0.3, -0.25) is 9.79 Å². The van der Waals surface area contributed by atoms with Gasteiger partial charge in [-0.1, -0.05) is 107 Å². The maximum Gasteiger partial charge on any atom is 0.151 e. The van der Waals surface area contributed by atoms with Gasteiger partial charge in [0.2, 0.25) is 0 Å². The first kappa shape index (κ1) is 19.8. The van der Waals surface area contributed by atoms with E-state index in [4.69, 9.17) is 0 Å². The van der Waals surface area contributed by atoms with Crippen LogP contribution in [-0.4, -0.2) is 18.0 Å². The first-order valence-electron chi connectivity index (χ1n) is 8.45. The average molecular weight is 408 g/mol. The molecule has 0 aliphatic rings. The summed E-state index contributed by atoms with van der Waals surface area (Å²) >= 11 is 3.36. The third kappa shape index (κ3) is 6.77. The first-order valence-corrected chi connectivity index (χ1v) is 9.57. The van der Waals surface area contributed by atoms with Crippen LogP contribution in [0.1, 0.15) is 23.6 Å². The molecule has 3 aromatic carbocycles. The molecular formula is C23H22BrNO. The Bertz CT molecular complexity index is 773. The van der Waals surface area contributed by atoms with Gasteiger partial charge in [0.15, 0.2) is 5.78 Å². The molecule has 0 saturated carbocycles. The minimum Gasteiger partial charge on any atom is -0.298 e. The van der Waals surface area contributed by atoms with Crippen LogP contribution in [0.25, 0.3) is 0 Å². The van der Waals surface area contributed by atoms with Gasteiger partial charge in [0.05, 0.1) is 12.3 Å². The van der Waals surface area contributed by atoms with Crippen molar-refractivity contribution in [1.82, 2.24) is 0 Å². The third-order valence-corrected chi connectivity index (χ3v) is 4.20. The maximum atomic E-state index is 11.1. The smallest absolute Gasteiger partial charge is 0.151 e. The van der Waals surface area contributed by atoms with Crippen LogP contribution in [0.15, 0.2) is 96.0 Å². The highest BCUT2D eigenvalue weighted by atomic mass is 79.9. The molecular weight excluding hydrogens is 386 g/mol. The molecule has 2 nitrogen and oxygen atoms in total. The van der Waals surface area contributed by atoms with Crippen molar-refractivity contribution < 1.29 is 4.79 Å². The Balaban J connectivity index is 0.000000254. The van der Waals surface area contributed by atoms with E-state index in [9.17, 15) is 4.79 Å². The zero-order valence-electron chi connectivity index (χ0n) is 14.8. The second-order valence-electron chi connectivity index (χ2n) is 5.72. The van der Waals surface area contributed by atoms with Gasteiger partial charge in [0.25, 0.3) is 0 Å². The molecule has 3 aromatic rings. The van der Waals surface area contributed by atoms with Crippen LogP contribution >= 0.6 is 15.9 Å². The van der Waals surface area contributed by atoms with Crippen molar-refractivity contribution in [3.05, 3.63) is 108 Å². The second kappa shape index (κ2) is 11.2. The number of carbonyl (C=O) groups excluding carboxylic acids is 1. The first-order chi connectivity index (χ1) is 12.7. The molecule has 3 heteroatoms. The highest BCUT2D eigenvalue weighted by molar-refractivity contribution is 9.08. The Labute approximate surface area is 163 Å². The lowest BCUT2D eigenvalue weighted by atomic mass is 10.0. The molecule has 26 heavy (non-hydrogen) atoms. The summed E-state index contributed by atoms with van der Waals surface area (Å²) in [6, 6.07) is 30.1. The molecule has 132 valence electrons. The minimum absolute atomic E-state index is 0.0689. The van der Waals surface area contributed by atoms with E-state index in [0.29, 0.717) is 0 Å². The highest BCUT2D eigenvalue weighted by Crippen LogP contribution is 2.10. The Morgan fingerprint density at radius 1 is 0.769 bits per heavy atom. The summed E-state index contributed by atoms with van der Waals surface area (Å²) in [6.45, 7) is 1.77. The summed E-state index contributed by atoms with van der Waals surface area (Å²) in [5.41, 5.74) is 4.26. The summed E-state index contributed by atoms with van der Waals surface area (Å²) in [5, 5.41) is 0.952. The van der Waals surface area contributed by atoms with Gasteiger partial charge < -0.3 is 0 Å². The van der Waals surface area contributed by atoms with Crippen LogP contribution in [0.5, 0.6) is 0 Å². The molecule has 3 rings (SSSR count). The average Bonchev–Trinajstić information content (AvgIpc) is 2.71. The molecule has 0 aliphatic heterocycles. The Morgan fingerprint density at radius 2 is 1.19 bits per heavy atom. The monoisotopic (exact) mass is 407 g/mol. The van der Waals surface area contributed by atoms with E-state index in [-0.39, 0.29) is 12.3 Å². The topological polar surface area (TPSA) is 29.4 Å². The predicted octanol–water partition coefficient (Wildman–Crippen LogP) is 5.69. The number of ketones is 1. The van der Waals surface area contributed by atoms with Gasteiger partial charge in [0.1, 0.15) is 0 Å². The molecule has 0 heterocycles. The molecule has 0 fully saturated rings. The highest BCUT2D eigenvalue weighted by Gasteiger charge is 2.06. The van der Waals surface area contributed by atoms with E-state index < -0.39 is 0 Å². The predicted molar refractivity (Wildman–Crippen MR) is 113 cm³/mol. The van der Waals surface area contributed by atoms with Gasteiger partial charge >= 0.3 is 0 Å². The summed E-state index contributed by atoms with van der Waals surface area (Å²) in [6.07, 6.45) is 0. The largest absolute Gasteiger partial charge is 0.298 e. The molecule has 0 N–H and O–H groups in total. The van der Waals surface area contributed by atoms with Crippen LogP contribution < -0.4 is 0 Å². The van der Waals surface area contributed by atoms with Gasteiger partial charge in [-0.25, -0.2) is 0 Å². The number of hydrogen-bond acceptors (Lipinski definition) is 2. The molecule has 0 unspecified atom stereocenters. The van der Waals surface area contributed by atoms with Crippen molar-refractivity contribution in [1.29, 1.82) is 0 Å². The lowest BCUT2D eigenvalue weighted by Gasteiger charge is -2.06. The third-order valence-electron chi connectivity index (χ3n) is 3.55. The summed E-state index contributed by atoms with van der Waals surface area (Å²) in [4.78, 5) is 15.5. The summed E-state index contributed by atoms with van der Waals surface area (Å²) in [7, 11) is 0. The maximum absolute atomic E-state index is 11.1. The number of nitrogens with zero attached hydrogens (tertiary/aromatic N) is 1. The van der Waals surface area contributed by atoms with Gasteiger partial charge in [-0.2, -0.15) is 0 Å². The molecule has 0 bridgehead atoms. The van der Waals surface area contributed by atoms with Crippen LogP contribution in [0.3, 0.4) is 0 Å². The fourth-order valence-electron chi connectivity index (χ4n) is 2.30. The van der Waals surface area contributed by atoms with Crippen LogP contribution in [0.4, 0.5) is 0 Å². The zero-order valence-corrected chi connectivity index (χ0v) is 16.4. The Morgan fingerprint density at radius 3 is 1.54 bits per heavy atom. The van der Waals surface area contributed by atoms with Crippen molar-refractivity contribution in [2.75, 3.05) is 6.54 Å². The molecule has 0 atom stereocenters.